The van der Waals surface area contributed by atoms with Crippen molar-refractivity contribution in [1.82, 2.24) is 0 Å². The Morgan fingerprint density at radius 2 is 0.632 bits per heavy atom. The van der Waals surface area contributed by atoms with Crippen LogP contribution in [0.25, 0.3) is 87.6 Å². The Labute approximate surface area is 641 Å². The van der Waals surface area contributed by atoms with Crippen molar-refractivity contribution in [2.75, 3.05) is 0 Å². The van der Waals surface area contributed by atoms with E-state index < -0.39 is 16.1 Å². The van der Waals surface area contributed by atoms with Gasteiger partial charge in [0.15, 0.2) is 16.1 Å². The zero-order valence-corrected chi connectivity index (χ0v) is 65.8. The molecule has 1 aliphatic rings. The molecule has 0 spiro atoms. The summed E-state index contributed by atoms with van der Waals surface area (Å²) in [6.45, 7) is 16.5. The minimum atomic E-state index is -2.63. The van der Waals surface area contributed by atoms with Crippen LogP contribution in [0.5, 0.6) is 11.5 Å². The van der Waals surface area contributed by atoms with Gasteiger partial charge in [0.25, 0.3) is 0 Å². The Kier molecular flexibility index (Phi) is 21.0. The van der Waals surface area contributed by atoms with E-state index >= 15 is 10.2 Å². The second-order valence-corrected chi connectivity index (χ2v) is 39.8. The van der Waals surface area contributed by atoms with Crippen molar-refractivity contribution in [3.63, 3.8) is 0 Å². The molecule has 0 saturated heterocycles. The van der Waals surface area contributed by atoms with Gasteiger partial charge in [0, 0.05) is 12.4 Å². The van der Waals surface area contributed by atoms with Gasteiger partial charge in [0.05, 0.1) is 12.1 Å². The topological polar surface area (TPSA) is 70.8 Å². The van der Waals surface area contributed by atoms with Crippen molar-refractivity contribution in [2.45, 2.75) is 96.3 Å². The predicted molar refractivity (Wildman–Crippen MR) is 449 cm³/mol. The van der Waals surface area contributed by atoms with Crippen LogP contribution in [-0.2, 0) is 20.1 Å². The Morgan fingerprint density at radius 3 is 0.943 bits per heavy atom. The number of hydrogen-bond acceptors (Lipinski definition) is 4. The summed E-state index contributed by atoms with van der Waals surface area (Å²) in [6, 6.07) is 120. The van der Waals surface area contributed by atoms with Gasteiger partial charge < -0.3 is 10.2 Å². The van der Waals surface area contributed by atoms with Crippen LogP contribution in [0.2, 0.25) is 10.1 Å². The van der Waals surface area contributed by atoms with E-state index in [0.717, 1.165) is 102 Å². The molecule has 15 aromatic rings. The van der Waals surface area contributed by atoms with Gasteiger partial charge in [-0.05, 0) is 165 Å². The Hall–Kier alpha value is -10.6. The molecule has 16 rings (SSSR count). The predicted octanol–water partition coefficient (Wildman–Crippen LogP) is 20.3. The molecular weight excluding hydrogens is 1500 g/mol. The number of aryl methyl sites for hydroxylation is 1. The summed E-state index contributed by atoms with van der Waals surface area (Å²) in [7, 11) is -5.27. The zero-order chi connectivity index (χ0) is 72.3. The first-order chi connectivity index (χ1) is 51.1. The molecule has 0 aliphatic heterocycles. The number of aliphatic imine (C=N–C) groups is 2. The molecule has 0 aromatic heterocycles. The maximum Gasteiger partial charge on any atom is 3.00 e. The fraction of sp³-hybridized carbons (Fsp3) is 0.152. The van der Waals surface area contributed by atoms with Crippen molar-refractivity contribution < 1.29 is 30.3 Å². The van der Waals surface area contributed by atoms with Gasteiger partial charge >= 0.3 is 20.1 Å². The molecule has 106 heavy (non-hydrogen) atoms. The van der Waals surface area contributed by atoms with Crippen molar-refractivity contribution >= 4 is 103 Å². The van der Waals surface area contributed by atoms with E-state index in [9.17, 15) is 0 Å². The summed E-state index contributed by atoms with van der Waals surface area (Å²) in [4.78, 5) is 10.7. The smallest absolute Gasteiger partial charge is 0.872 e. The second kappa shape index (κ2) is 30.8. The van der Waals surface area contributed by atoms with Gasteiger partial charge in [-0.3, -0.25) is 9.98 Å². The standard InChI is InChI=1S/C92H82N2O2Si2.C7H7.Ir/c1-91(2,3)97(71-33-11-7-12-34-71,72-35-13-8-14-36-72)75-53-47-65(48-54-75)81-57-51-63-29-19-23-41-77(63)85(81)87-79-43-25-21-31-67(79)59-69(89(87)95)61-93-83-45-27-28-46-84(83)94-62-70-60-68-32-22-26-44-80(68)88(90(70)96)86-78-42-24-20-30-64(78)52-58-82(86)66-49-55-76(56-50-66)98(92(4,5)6,73-37-15-9-16-38-73)74-39-17-10-18-40-74;1-7-5-3-2-4-6-7;/h7-26,29-44,47-62,83-84,95-96H,27-28,45-46H2,1-6H3;3-6H,1H3;/q;-1;+3/p-2/t83-,84-;;/m0../s1. The number of rotatable bonds is 14. The van der Waals surface area contributed by atoms with E-state index in [2.05, 4.69) is 334 Å². The maximum atomic E-state index is 15.8. The average Bonchev–Trinajstić information content (AvgIpc) is 0.732. The van der Waals surface area contributed by atoms with Crippen molar-refractivity contribution in [3.8, 4) is 56.0 Å². The average molecular weight is 1590 g/mol. The first kappa shape index (κ1) is 72.3. The van der Waals surface area contributed by atoms with E-state index in [-0.39, 0.29) is 53.8 Å². The van der Waals surface area contributed by atoms with Gasteiger partial charge in [-0.2, -0.15) is 35.9 Å². The van der Waals surface area contributed by atoms with Crippen molar-refractivity contribution in [3.05, 3.63) is 350 Å². The summed E-state index contributed by atoms with van der Waals surface area (Å²) >= 11 is 0. The monoisotopic (exact) mass is 1580 g/mol. The second-order valence-electron chi connectivity index (χ2n) is 30.4. The van der Waals surface area contributed by atoms with Crippen LogP contribution < -0.4 is 41.3 Å². The summed E-state index contributed by atoms with van der Waals surface area (Å²) in [5.74, 6) is -0.125. The number of hydrogen-bond donors (Lipinski definition) is 0. The van der Waals surface area contributed by atoms with Crippen LogP contribution in [0.15, 0.2) is 338 Å². The summed E-state index contributed by atoms with van der Waals surface area (Å²) in [6.07, 6.45) is 7.27. The summed E-state index contributed by atoms with van der Waals surface area (Å²) < 4.78 is 0. The van der Waals surface area contributed by atoms with Crippen LogP contribution in [0.3, 0.4) is 0 Å². The fourth-order valence-electron chi connectivity index (χ4n) is 17.4. The van der Waals surface area contributed by atoms with Gasteiger partial charge in [0.1, 0.15) is 0 Å². The minimum Gasteiger partial charge on any atom is -0.872 e. The van der Waals surface area contributed by atoms with Crippen LogP contribution >= 0.6 is 0 Å². The fourth-order valence-corrected chi connectivity index (χ4v) is 28.7. The summed E-state index contributed by atoms with van der Waals surface area (Å²) in [5.41, 5.74) is 9.64. The van der Waals surface area contributed by atoms with E-state index in [1.807, 2.05) is 61.0 Å². The number of nitrogens with zero attached hydrogens (tertiary/aromatic N) is 2. The molecule has 0 N–H and O–H groups in total. The quantitative estimate of drug-likeness (QED) is 0.0471. The zero-order valence-electron chi connectivity index (χ0n) is 61.4. The normalized spacial score (nSPS) is 14.3. The van der Waals surface area contributed by atoms with Crippen LogP contribution in [0, 0.1) is 13.0 Å². The number of fused-ring (bicyclic) bond motifs is 4. The molecule has 0 amide bonds. The van der Waals surface area contributed by atoms with Gasteiger partial charge in [0.2, 0.25) is 0 Å². The van der Waals surface area contributed by atoms with Crippen LogP contribution in [-0.4, -0.2) is 40.7 Å². The van der Waals surface area contributed by atoms with Crippen molar-refractivity contribution in [1.29, 1.82) is 0 Å². The molecule has 522 valence electrons. The minimum absolute atomic E-state index is 0. The summed E-state index contributed by atoms with van der Waals surface area (Å²) in [5, 5.41) is 47.6. The molecule has 1 aliphatic carbocycles. The van der Waals surface area contributed by atoms with Crippen molar-refractivity contribution in [2.24, 2.45) is 9.98 Å². The van der Waals surface area contributed by atoms with E-state index in [1.54, 1.807) is 0 Å². The molecule has 1 saturated carbocycles. The molecule has 1 fully saturated rings. The largest absolute Gasteiger partial charge is 3.00 e. The van der Waals surface area contributed by atoms with E-state index in [0.29, 0.717) is 22.3 Å². The number of benzene rings is 15. The molecule has 0 bridgehead atoms. The van der Waals surface area contributed by atoms with Crippen LogP contribution in [0.1, 0.15) is 83.9 Å². The third kappa shape index (κ3) is 13.6. The van der Waals surface area contributed by atoms with Gasteiger partial charge in [-0.1, -0.05) is 364 Å². The molecule has 2 atom stereocenters. The first-order valence-electron chi connectivity index (χ1n) is 37.1. The molecule has 0 heterocycles. The van der Waals surface area contributed by atoms with Crippen LogP contribution in [0.4, 0.5) is 0 Å². The van der Waals surface area contributed by atoms with E-state index in [1.165, 1.54) is 36.7 Å². The SMILES string of the molecule is CC(C)(C)[Si](c1ccccc1)(c1ccccc1)c1ccc(-c2ccc3ccccc3c2-c2c([O-])c(C=N[C@H]3CCCC[C@@H]3N=Cc3cc4ccccc4c(-c4c(-c5ccc([Si](c6ccccc6)(c6ccccc6)C(C)(C)C)cc5)ccc5ccccc45)c3[O-])cc3ccccc23)cc1.Cc1cc[c-]cc1.[Ir+3]. The third-order valence-corrected chi connectivity index (χ3v) is 33.8. The first-order valence-corrected chi connectivity index (χ1v) is 41.1. The molecule has 0 unspecified atom stereocenters. The van der Waals surface area contributed by atoms with E-state index in [4.69, 9.17) is 9.98 Å². The van der Waals surface area contributed by atoms with Gasteiger partial charge in [-0.25, -0.2) is 0 Å². The Morgan fingerprint density at radius 1 is 0.340 bits per heavy atom. The molecule has 15 aromatic carbocycles. The molecular formula is C99H87IrN2O2Si2. The van der Waals surface area contributed by atoms with Gasteiger partial charge in [-0.15, -0.1) is 0 Å². The molecule has 4 nitrogen and oxygen atoms in total. The molecule has 7 heteroatoms. The third-order valence-electron chi connectivity index (χ3n) is 22.1. The maximum absolute atomic E-state index is 15.8. The molecule has 0 radical (unpaired) electrons. The Bertz CT molecular complexity index is 5240. The Balaban J connectivity index is 0.00000112.